The van der Waals surface area contributed by atoms with Crippen LogP contribution in [0.15, 0.2) is 105 Å². The summed E-state index contributed by atoms with van der Waals surface area (Å²) in [5, 5.41) is 6.49. The van der Waals surface area contributed by atoms with Crippen LogP contribution in [0.2, 0.25) is 0 Å². The second-order valence-electron chi connectivity index (χ2n) is 9.33. The topological polar surface area (TPSA) is 97.0 Å². The number of allylic oxidation sites excluding steroid dienone is 1. The summed E-state index contributed by atoms with van der Waals surface area (Å²) in [6.45, 7) is 0.205. The van der Waals surface area contributed by atoms with Crippen LogP contribution in [0.25, 0.3) is 0 Å². The molecule has 6 rings (SSSR count). The molecule has 2 aromatic carbocycles. The first-order valence-corrected chi connectivity index (χ1v) is 12.5. The lowest BCUT2D eigenvalue weighted by molar-refractivity contribution is -0.116. The Morgan fingerprint density at radius 3 is 2.58 bits per heavy atom. The Bertz CT molecular complexity index is 1490. The van der Waals surface area contributed by atoms with Crippen LogP contribution in [0.1, 0.15) is 41.9 Å². The Labute approximate surface area is 219 Å². The Hall–Kier alpha value is -4.72. The highest BCUT2D eigenvalue weighted by Crippen LogP contribution is 2.48. The van der Waals surface area contributed by atoms with E-state index in [1.54, 1.807) is 36.7 Å². The number of furan rings is 2. The van der Waals surface area contributed by atoms with Crippen molar-refractivity contribution in [3.05, 3.63) is 114 Å². The lowest BCUT2D eigenvalue weighted by atomic mass is 9.80. The van der Waals surface area contributed by atoms with Gasteiger partial charge in [0.25, 0.3) is 0 Å². The number of urea groups is 1. The summed E-state index contributed by atoms with van der Waals surface area (Å²) < 4.78 is 16.8. The maximum absolute atomic E-state index is 14.0. The fourth-order valence-corrected chi connectivity index (χ4v) is 5.39. The second kappa shape index (κ2) is 9.97. The van der Waals surface area contributed by atoms with E-state index in [0.717, 1.165) is 22.7 Å². The van der Waals surface area contributed by atoms with Gasteiger partial charge in [-0.3, -0.25) is 9.69 Å². The Morgan fingerprint density at radius 2 is 1.79 bits per heavy atom. The third kappa shape index (κ3) is 4.24. The minimum Gasteiger partial charge on any atom is -0.496 e. The van der Waals surface area contributed by atoms with Crippen LogP contribution >= 0.6 is 0 Å². The van der Waals surface area contributed by atoms with E-state index in [-0.39, 0.29) is 30.7 Å². The number of ether oxygens (including phenoxy) is 1. The molecule has 0 saturated heterocycles. The van der Waals surface area contributed by atoms with Crippen molar-refractivity contribution in [3.8, 4) is 5.75 Å². The number of nitrogens with zero attached hydrogens (tertiary/aromatic N) is 1. The van der Waals surface area contributed by atoms with E-state index in [1.807, 2.05) is 60.7 Å². The molecule has 2 N–H and O–H groups in total. The lowest BCUT2D eigenvalue weighted by Crippen LogP contribution is -2.44. The van der Waals surface area contributed by atoms with E-state index in [4.69, 9.17) is 13.6 Å². The molecule has 3 heterocycles. The summed E-state index contributed by atoms with van der Waals surface area (Å²) in [6, 6.07) is 21.3. The Morgan fingerprint density at radius 1 is 1.00 bits per heavy atom. The zero-order chi connectivity index (χ0) is 26.1. The van der Waals surface area contributed by atoms with Crippen LogP contribution in [0, 0.1) is 0 Å². The SMILES string of the molecule is COc1ccccc1[C@@H]1C2=C(C[C@@H](c3ccco3)CC2=O)Nc2ccccc2N1C(=O)NCc1ccco1. The highest BCUT2D eigenvalue weighted by atomic mass is 16.5. The first-order valence-electron chi connectivity index (χ1n) is 12.5. The molecule has 0 unspecified atom stereocenters. The number of anilines is 2. The molecule has 2 amide bonds. The van der Waals surface area contributed by atoms with E-state index in [1.165, 1.54) is 0 Å². The third-order valence-electron chi connectivity index (χ3n) is 7.08. The van der Waals surface area contributed by atoms with Gasteiger partial charge in [-0.25, -0.2) is 4.79 Å². The van der Waals surface area contributed by atoms with Crippen LogP contribution in [0.5, 0.6) is 5.75 Å². The first kappa shape index (κ1) is 23.7. The number of Topliss-reactive ketones (excluding diaryl/α,β-unsaturated/α-hetero) is 1. The maximum Gasteiger partial charge on any atom is 0.323 e. The number of methoxy groups -OCH3 is 1. The van der Waals surface area contributed by atoms with Gasteiger partial charge < -0.3 is 24.2 Å². The van der Waals surface area contributed by atoms with Gasteiger partial charge >= 0.3 is 6.03 Å². The number of hydrogen-bond donors (Lipinski definition) is 2. The molecule has 2 atom stereocenters. The smallest absolute Gasteiger partial charge is 0.323 e. The second-order valence-corrected chi connectivity index (χ2v) is 9.33. The van der Waals surface area contributed by atoms with Crippen molar-refractivity contribution >= 4 is 23.2 Å². The number of benzene rings is 2. The molecule has 1 aliphatic carbocycles. The van der Waals surface area contributed by atoms with Crippen molar-refractivity contribution < 1.29 is 23.2 Å². The van der Waals surface area contributed by atoms with Crippen molar-refractivity contribution in [2.75, 3.05) is 17.3 Å². The number of nitrogens with one attached hydrogen (secondary N) is 2. The molecule has 8 heteroatoms. The van der Waals surface area contributed by atoms with E-state index in [2.05, 4.69) is 10.6 Å². The number of rotatable bonds is 5. The van der Waals surface area contributed by atoms with Gasteiger partial charge in [0, 0.05) is 29.2 Å². The van der Waals surface area contributed by atoms with E-state index in [9.17, 15) is 9.59 Å². The van der Waals surface area contributed by atoms with Gasteiger partial charge in [0.1, 0.15) is 17.3 Å². The fraction of sp³-hybridized carbons (Fsp3) is 0.200. The fourth-order valence-electron chi connectivity index (χ4n) is 5.39. The Kier molecular flexibility index (Phi) is 6.21. The van der Waals surface area contributed by atoms with Gasteiger partial charge in [-0.2, -0.15) is 0 Å². The molecular formula is C30H27N3O5. The summed E-state index contributed by atoms with van der Waals surface area (Å²) in [5.74, 6) is 1.84. The maximum atomic E-state index is 14.0. The minimum absolute atomic E-state index is 0.0484. The van der Waals surface area contributed by atoms with Gasteiger partial charge in [-0.05, 0) is 48.9 Å². The predicted molar refractivity (Wildman–Crippen MR) is 142 cm³/mol. The number of fused-ring (bicyclic) bond motifs is 1. The molecule has 0 saturated carbocycles. The molecule has 8 nitrogen and oxygen atoms in total. The normalized spacial score (nSPS) is 18.8. The highest BCUT2D eigenvalue weighted by Gasteiger charge is 2.43. The molecule has 0 spiro atoms. The predicted octanol–water partition coefficient (Wildman–Crippen LogP) is 6.17. The summed E-state index contributed by atoms with van der Waals surface area (Å²) in [6.07, 6.45) is 4.04. The molecule has 1 aliphatic heterocycles. The van der Waals surface area contributed by atoms with Gasteiger partial charge in [0.2, 0.25) is 0 Å². The van der Waals surface area contributed by atoms with Crippen molar-refractivity contribution in [1.82, 2.24) is 5.32 Å². The quantitative estimate of drug-likeness (QED) is 0.334. The molecular weight excluding hydrogens is 482 g/mol. The number of amides is 2. The highest BCUT2D eigenvalue weighted by molar-refractivity contribution is 6.06. The molecule has 4 aromatic rings. The number of para-hydroxylation sites is 3. The monoisotopic (exact) mass is 509 g/mol. The van der Waals surface area contributed by atoms with Crippen LogP contribution in [-0.2, 0) is 11.3 Å². The van der Waals surface area contributed by atoms with Crippen molar-refractivity contribution in [2.45, 2.75) is 31.3 Å². The zero-order valence-corrected chi connectivity index (χ0v) is 20.8. The third-order valence-corrected chi connectivity index (χ3v) is 7.08. The average molecular weight is 510 g/mol. The van der Waals surface area contributed by atoms with Gasteiger partial charge in [0.15, 0.2) is 5.78 Å². The molecule has 2 aliphatic rings. The van der Waals surface area contributed by atoms with Gasteiger partial charge in [0.05, 0.1) is 43.6 Å². The number of carbonyl (C=O) groups is 2. The number of ketones is 1. The molecule has 0 bridgehead atoms. The van der Waals surface area contributed by atoms with E-state index >= 15 is 0 Å². The van der Waals surface area contributed by atoms with Gasteiger partial charge in [-0.1, -0.05) is 30.3 Å². The summed E-state index contributed by atoms with van der Waals surface area (Å²) in [5.41, 5.74) is 3.42. The molecule has 0 fully saturated rings. The standard InChI is InChI=1S/C30H27N3O5/c1-36-27-12-5-2-9-21(27)29-28-23(16-19(17-25(28)34)26-13-7-15-38-26)32-22-10-3-4-11-24(22)33(29)30(35)31-18-20-8-6-14-37-20/h2-15,19,29,32H,16-18H2,1H3,(H,31,35)/t19-,29-/m1/s1. The van der Waals surface area contributed by atoms with Crippen molar-refractivity contribution in [1.29, 1.82) is 0 Å². The summed E-state index contributed by atoms with van der Waals surface area (Å²) >= 11 is 0. The molecule has 38 heavy (non-hydrogen) atoms. The largest absolute Gasteiger partial charge is 0.496 e. The van der Waals surface area contributed by atoms with Crippen LogP contribution in [0.3, 0.4) is 0 Å². The van der Waals surface area contributed by atoms with Crippen molar-refractivity contribution in [2.24, 2.45) is 0 Å². The summed E-state index contributed by atoms with van der Waals surface area (Å²) in [4.78, 5) is 29.6. The average Bonchev–Trinajstić information content (AvgIpc) is 3.64. The summed E-state index contributed by atoms with van der Waals surface area (Å²) in [7, 11) is 1.59. The van der Waals surface area contributed by atoms with Crippen molar-refractivity contribution in [3.63, 3.8) is 0 Å². The number of carbonyl (C=O) groups excluding carboxylic acids is 2. The lowest BCUT2D eigenvalue weighted by Gasteiger charge is -2.35. The van der Waals surface area contributed by atoms with Gasteiger partial charge in [-0.15, -0.1) is 0 Å². The van der Waals surface area contributed by atoms with E-state index < -0.39 is 6.04 Å². The van der Waals surface area contributed by atoms with E-state index in [0.29, 0.717) is 29.2 Å². The molecule has 0 radical (unpaired) electrons. The Balaban J connectivity index is 1.51. The molecule has 192 valence electrons. The van der Waals surface area contributed by atoms with Crippen LogP contribution < -0.4 is 20.3 Å². The van der Waals surface area contributed by atoms with Crippen LogP contribution in [0.4, 0.5) is 16.2 Å². The molecule has 2 aromatic heterocycles. The zero-order valence-electron chi connectivity index (χ0n) is 20.8. The van der Waals surface area contributed by atoms with Crippen LogP contribution in [-0.4, -0.2) is 18.9 Å². The number of hydrogen-bond acceptors (Lipinski definition) is 6. The first-order chi connectivity index (χ1) is 18.6. The minimum atomic E-state index is -0.723.